The van der Waals surface area contributed by atoms with E-state index in [4.69, 9.17) is 9.47 Å². The lowest BCUT2D eigenvalue weighted by Gasteiger charge is -2.10. The lowest BCUT2D eigenvalue weighted by atomic mass is 10.1. The van der Waals surface area contributed by atoms with Crippen LogP contribution >= 0.6 is 0 Å². The maximum atomic E-state index is 12.7. The van der Waals surface area contributed by atoms with Gasteiger partial charge in [0.15, 0.2) is 0 Å². The van der Waals surface area contributed by atoms with Crippen LogP contribution in [0.4, 0.5) is 19.0 Å². The summed E-state index contributed by atoms with van der Waals surface area (Å²) in [5.41, 5.74) is 3.17. The van der Waals surface area contributed by atoms with Crippen molar-refractivity contribution in [2.75, 3.05) is 18.5 Å². The van der Waals surface area contributed by atoms with Gasteiger partial charge in [-0.1, -0.05) is 6.07 Å². The molecule has 4 aromatic rings. The molecule has 174 valence electrons. The Morgan fingerprint density at radius 3 is 2.76 bits per heavy atom. The zero-order chi connectivity index (χ0) is 23.7. The molecule has 5 heterocycles. The number of carbonyl (C=O) groups is 1. The van der Waals surface area contributed by atoms with Gasteiger partial charge in [0, 0.05) is 24.4 Å². The minimum Gasteiger partial charge on any atom is -0.470 e. The second kappa shape index (κ2) is 8.71. The fourth-order valence-corrected chi connectivity index (χ4v) is 3.65. The summed E-state index contributed by atoms with van der Waals surface area (Å²) >= 11 is 0. The molecular formula is C22H17F3N6O3. The zero-order valence-corrected chi connectivity index (χ0v) is 17.5. The first-order chi connectivity index (χ1) is 16.4. The highest BCUT2D eigenvalue weighted by Crippen LogP contribution is 2.39. The van der Waals surface area contributed by atoms with Gasteiger partial charge in [-0.25, -0.2) is 9.97 Å². The minimum absolute atomic E-state index is 0.159. The van der Waals surface area contributed by atoms with Gasteiger partial charge in [0.1, 0.15) is 29.3 Å². The van der Waals surface area contributed by atoms with Gasteiger partial charge in [-0.2, -0.15) is 18.2 Å². The number of hydrogen-bond acceptors (Lipinski definition) is 7. The molecule has 12 heteroatoms. The van der Waals surface area contributed by atoms with E-state index in [0.29, 0.717) is 52.6 Å². The number of aromatic amines is 1. The lowest BCUT2D eigenvalue weighted by Crippen LogP contribution is -2.30. The third-order valence-electron chi connectivity index (χ3n) is 5.18. The third-order valence-corrected chi connectivity index (χ3v) is 5.18. The van der Waals surface area contributed by atoms with E-state index in [0.717, 1.165) is 6.42 Å². The van der Waals surface area contributed by atoms with E-state index in [9.17, 15) is 18.0 Å². The van der Waals surface area contributed by atoms with Crippen LogP contribution in [-0.4, -0.2) is 56.3 Å². The fraction of sp³-hybridized carbons (Fsp3) is 0.227. The highest BCUT2D eigenvalue weighted by molar-refractivity contribution is 6.02. The van der Waals surface area contributed by atoms with Crippen molar-refractivity contribution in [1.29, 1.82) is 0 Å². The molecule has 0 radical (unpaired) electrons. The third kappa shape index (κ3) is 4.27. The van der Waals surface area contributed by atoms with Crippen molar-refractivity contribution in [3.8, 4) is 28.4 Å². The van der Waals surface area contributed by atoms with Crippen LogP contribution in [0.15, 0.2) is 49.1 Å². The normalized spacial score (nSPS) is 16.0. The molecule has 0 bridgehead atoms. The van der Waals surface area contributed by atoms with Crippen molar-refractivity contribution >= 4 is 22.8 Å². The number of pyridine rings is 2. The number of aromatic nitrogens is 5. The van der Waals surface area contributed by atoms with E-state index in [-0.39, 0.29) is 11.9 Å². The molecule has 1 atom stereocenters. The monoisotopic (exact) mass is 470 g/mol. The highest BCUT2D eigenvalue weighted by Gasteiger charge is 2.39. The number of halogens is 3. The van der Waals surface area contributed by atoms with Crippen LogP contribution in [0.1, 0.15) is 6.42 Å². The molecule has 2 N–H and O–H groups in total. The molecule has 1 aliphatic rings. The lowest BCUT2D eigenvalue weighted by molar-refractivity contribution is -0.167. The van der Waals surface area contributed by atoms with Gasteiger partial charge in [-0.3, -0.25) is 9.78 Å². The smallest absolute Gasteiger partial charge is 0.470 e. The first-order valence-electron chi connectivity index (χ1n) is 10.3. The number of nitrogens with zero attached hydrogens (tertiary/aromatic N) is 4. The van der Waals surface area contributed by atoms with Crippen LogP contribution in [0, 0.1) is 0 Å². The first kappa shape index (κ1) is 21.8. The molecule has 0 aliphatic carbocycles. The molecule has 34 heavy (non-hydrogen) atoms. The summed E-state index contributed by atoms with van der Waals surface area (Å²) in [4.78, 5) is 31.5. The van der Waals surface area contributed by atoms with Gasteiger partial charge in [-0.15, -0.1) is 0 Å². The van der Waals surface area contributed by atoms with Crippen molar-refractivity contribution in [1.82, 2.24) is 24.9 Å². The molecule has 1 fully saturated rings. The molecular weight excluding hydrogens is 453 g/mol. The zero-order valence-electron chi connectivity index (χ0n) is 17.5. The number of fused-ring (bicyclic) bond motifs is 1. The number of carbonyl (C=O) groups excluding carboxylic acids is 1. The minimum atomic E-state index is -5.04. The summed E-state index contributed by atoms with van der Waals surface area (Å²) in [6.07, 6.45) is -0.183. The van der Waals surface area contributed by atoms with Crippen LogP contribution in [0.3, 0.4) is 0 Å². The average molecular weight is 470 g/mol. The number of H-pyrrole nitrogens is 1. The van der Waals surface area contributed by atoms with Gasteiger partial charge < -0.3 is 19.8 Å². The molecule has 4 aromatic heterocycles. The van der Waals surface area contributed by atoms with Crippen LogP contribution in [0.2, 0.25) is 0 Å². The number of anilines is 1. The van der Waals surface area contributed by atoms with Gasteiger partial charge in [0.2, 0.25) is 5.88 Å². The number of amides is 1. The molecule has 0 unspecified atom stereocenters. The maximum absolute atomic E-state index is 12.7. The van der Waals surface area contributed by atoms with E-state index in [1.54, 1.807) is 35.8 Å². The van der Waals surface area contributed by atoms with E-state index in [1.807, 2.05) is 0 Å². The summed E-state index contributed by atoms with van der Waals surface area (Å²) in [7, 11) is 0. The van der Waals surface area contributed by atoms with E-state index in [2.05, 4.69) is 24.9 Å². The second-order valence-electron chi connectivity index (χ2n) is 7.48. The topological polar surface area (TPSA) is 115 Å². The quantitative estimate of drug-likeness (QED) is 0.457. The average Bonchev–Trinajstić information content (AvgIpc) is 3.47. The predicted molar refractivity (Wildman–Crippen MR) is 115 cm³/mol. The van der Waals surface area contributed by atoms with Crippen LogP contribution in [-0.2, 0) is 9.53 Å². The van der Waals surface area contributed by atoms with Crippen LogP contribution < -0.4 is 10.1 Å². The molecule has 1 amide bonds. The Hall–Kier alpha value is -4.06. The molecule has 0 aromatic carbocycles. The molecule has 0 saturated carbocycles. The highest BCUT2D eigenvalue weighted by atomic mass is 19.4. The van der Waals surface area contributed by atoms with Crippen molar-refractivity contribution < 1.29 is 27.4 Å². The Kier molecular flexibility index (Phi) is 5.57. The van der Waals surface area contributed by atoms with Crippen LogP contribution in [0.5, 0.6) is 5.88 Å². The van der Waals surface area contributed by atoms with Gasteiger partial charge in [0.05, 0.1) is 30.2 Å². The SMILES string of the molecule is O=C(Nc1cc(-c2[nH]c3c(O[C@H]4CCOC4)ncnc3c2-c2ccccn2)ccn1)C(F)(F)F. The Bertz CT molecular complexity index is 1340. The standard InChI is InChI=1S/C22H17F3N6O3/c23-22(24,25)21(32)30-15-9-12(4-7-27-15)17-16(14-3-1-2-6-26-14)18-19(31-17)20(29-11-28-18)34-13-5-8-33-10-13/h1-4,6-7,9,11,13,31H,5,8,10H2,(H,27,30,32)/t13-/m0/s1. The fourth-order valence-electron chi connectivity index (χ4n) is 3.65. The van der Waals surface area contributed by atoms with Gasteiger partial charge in [-0.05, 0) is 24.3 Å². The number of rotatable bonds is 5. The Labute approximate surface area is 190 Å². The number of nitrogens with one attached hydrogen (secondary N) is 2. The van der Waals surface area contributed by atoms with Gasteiger partial charge in [0.25, 0.3) is 0 Å². The van der Waals surface area contributed by atoms with Crippen molar-refractivity contribution in [3.05, 3.63) is 49.1 Å². The summed E-state index contributed by atoms with van der Waals surface area (Å²) in [6.45, 7) is 1.04. The van der Waals surface area contributed by atoms with E-state index < -0.39 is 12.1 Å². The number of alkyl halides is 3. The second-order valence-corrected chi connectivity index (χ2v) is 7.48. The predicted octanol–water partition coefficient (Wildman–Crippen LogP) is 3.75. The Morgan fingerprint density at radius 1 is 1.15 bits per heavy atom. The largest absolute Gasteiger partial charge is 0.471 e. The van der Waals surface area contributed by atoms with Crippen LogP contribution in [0.25, 0.3) is 33.5 Å². The molecule has 1 aliphatic heterocycles. The maximum Gasteiger partial charge on any atom is 0.471 e. The number of hydrogen-bond donors (Lipinski definition) is 2. The molecule has 1 saturated heterocycles. The summed E-state index contributed by atoms with van der Waals surface area (Å²) in [5, 5.41) is 1.77. The Morgan fingerprint density at radius 2 is 2.03 bits per heavy atom. The molecule has 5 rings (SSSR count). The first-order valence-corrected chi connectivity index (χ1v) is 10.3. The summed E-state index contributed by atoms with van der Waals surface area (Å²) in [5.74, 6) is -2.04. The molecule has 0 spiro atoms. The molecule has 9 nitrogen and oxygen atoms in total. The van der Waals surface area contributed by atoms with Crippen molar-refractivity contribution in [3.63, 3.8) is 0 Å². The van der Waals surface area contributed by atoms with Crippen molar-refractivity contribution in [2.24, 2.45) is 0 Å². The van der Waals surface area contributed by atoms with E-state index in [1.165, 1.54) is 18.6 Å². The van der Waals surface area contributed by atoms with E-state index >= 15 is 0 Å². The summed E-state index contributed by atoms with van der Waals surface area (Å²) in [6, 6.07) is 8.28. The Balaban J connectivity index is 1.63. The van der Waals surface area contributed by atoms with Crippen molar-refractivity contribution in [2.45, 2.75) is 18.7 Å². The number of ether oxygens (including phenoxy) is 2. The summed E-state index contributed by atoms with van der Waals surface area (Å²) < 4.78 is 49.5. The van der Waals surface area contributed by atoms with Gasteiger partial charge >= 0.3 is 12.1 Å².